The summed E-state index contributed by atoms with van der Waals surface area (Å²) in [7, 11) is 0. The topological polar surface area (TPSA) is 62.5 Å². The summed E-state index contributed by atoms with van der Waals surface area (Å²) in [6.07, 6.45) is 3.55. The molecule has 2 N–H and O–H groups in total. The Hall–Kier alpha value is -2.13. The van der Waals surface area contributed by atoms with Gasteiger partial charge in [0, 0.05) is 25.3 Å². The third kappa shape index (κ3) is 3.93. The predicted octanol–water partition coefficient (Wildman–Crippen LogP) is 3.17. The molecular weight excluding hydrogens is 401 g/mol. The lowest BCUT2D eigenvalue weighted by molar-refractivity contribution is 0.232. The molecule has 25 heavy (non-hydrogen) atoms. The van der Waals surface area contributed by atoms with E-state index < -0.39 is 17.5 Å². The number of rotatable bonds is 6. The van der Waals surface area contributed by atoms with Gasteiger partial charge in [0.2, 0.25) is 0 Å². The molecule has 0 amide bonds. The van der Waals surface area contributed by atoms with Gasteiger partial charge in [-0.25, -0.2) is 22.7 Å². The Bertz CT molecular complexity index is 879. The second-order valence-corrected chi connectivity index (χ2v) is 6.43. The van der Waals surface area contributed by atoms with Gasteiger partial charge in [-0.3, -0.25) is 0 Å². The van der Waals surface area contributed by atoms with Crippen LogP contribution in [0.4, 0.5) is 19.0 Å². The Labute approximate surface area is 149 Å². The Morgan fingerprint density at radius 1 is 1.24 bits per heavy atom. The fourth-order valence-electron chi connectivity index (χ4n) is 2.45. The van der Waals surface area contributed by atoms with Crippen molar-refractivity contribution in [1.29, 1.82) is 0 Å². The van der Waals surface area contributed by atoms with Crippen LogP contribution in [0.15, 0.2) is 35.1 Å². The molecule has 0 saturated heterocycles. The van der Waals surface area contributed by atoms with Crippen LogP contribution in [0.2, 0.25) is 0 Å². The number of anilines is 1. The van der Waals surface area contributed by atoms with Gasteiger partial charge < -0.3 is 10.4 Å². The number of nitrogens with one attached hydrogen (secondary N) is 1. The van der Waals surface area contributed by atoms with E-state index in [4.69, 9.17) is 0 Å². The number of benzene rings is 1. The van der Waals surface area contributed by atoms with Crippen LogP contribution in [-0.2, 0) is 6.42 Å². The standard InChI is InChI=1S/C16H14BrF3N4O/c17-11-7-22-24-2-1-14(23-16(11)24)21-6-10(8-25)3-9-4-12(18)15(20)13(19)5-9/h1-2,4-5,7,10,25H,3,6,8H2,(H,21,23). The first-order valence-electron chi connectivity index (χ1n) is 7.46. The molecule has 0 aliphatic rings. The first-order chi connectivity index (χ1) is 12.0. The molecule has 1 aromatic carbocycles. The van der Waals surface area contributed by atoms with Crippen molar-refractivity contribution < 1.29 is 18.3 Å². The van der Waals surface area contributed by atoms with Crippen LogP contribution in [0.1, 0.15) is 5.56 Å². The van der Waals surface area contributed by atoms with Gasteiger partial charge in [-0.15, -0.1) is 0 Å². The van der Waals surface area contributed by atoms with E-state index in [1.54, 1.807) is 23.0 Å². The minimum absolute atomic E-state index is 0.191. The summed E-state index contributed by atoms with van der Waals surface area (Å²) in [6, 6.07) is 3.60. The van der Waals surface area contributed by atoms with Gasteiger partial charge in [-0.2, -0.15) is 5.10 Å². The van der Waals surface area contributed by atoms with Crippen molar-refractivity contribution in [1.82, 2.24) is 14.6 Å². The summed E-state index contributed by atoms with van der Waals surface area (Å²) in [5, 5.41) is 16.7. The van der Waals surface area contributed by atoms with Gasteiger partial charge in [-0.05, 0) is 46.1 Å². The molecule has 0 aliphatic heterocycles. The maximum atomic E-state index is 13.3. The normalized spacial score (nSPS) is 12.5. The van der Waals surface area contributed by atoms with Crippen LogP contribution in [-0.4, -0.2) is 32.9 Å². The molecule has 1 unspecified atom stereocenters. The van der Waals surface area contributed by atoms with Gasteiger partial charge in [0.1, 0.15) is 5.82 Å². The second kappa shape index (κ2) is 7.40. The van der Waals surface area contributed by atoms with Crippen LogP contribution < -0.4 is 5.32 Å². The largest absolute Gasteiger partial charge is 0.396 e. The van der Waals surface area contributed by atoms with Crippen molar-refractivity contribution >= 4 is 27.4 Å². The van der Waals surface area contributed by atoms with E-state index >= 15 is 0 Å². The van der Waals surface area contributed by atoms with Crippen LogP contribution in [0.5, 0.6) is 0 Å². The highest BCUT2D eigenvalue weighted by Gasteiger charge is 2.15. The molecule has 0 fully saturated rings. The molecule has 2 aromatic heterocycles. The lowest BCUT2D eigenvalue weighted by Gasteiger charge is -2.16. The highest BCUT2D eigenvalue weighted by atomic mass is 79.9. The zero-order chi connectivity index (χ0) is 18.0. The summed E-state index contributed by atoms with van der Waals surface area (Å²) in [5.74, 6) is -3.72. The quantitative estimate of drug-likeness (QED) is 0.608. The van der Waals surface area contributed by atoms with Crippen LogP contribution >= 0.6 is 15.9 Å². The average Bonchev–Trinajstić information content (AvgIpc) is 2.97. The summed E-state index contributed by atoms with van der Waals surface area (Å²) in [6.45, 7) is 0.123. The Morgan fingerprint density at radius 2 is 1.96 bits per heavy atom. The monoisotopic (exact) mass is 414 g/mol. The highest BCUT2D eigenvalue weighted by Crippen LogP contribution is 2.19. The van der Waals surface area contributed by atoms with Gasteiger partial charge in [-0.1, -0.05) is 0 Å². The zero-order valence-corrected chi connectivity index (χ0v) is 14.5. The van der Waals surface area contributed by atoms with Crippen LogP contribution in [0.25, 0.3) is 5.65 Å². The van der Waals surface area contributed by atoms with Crippen molar-refractivity contribution in [2.24, 2.45) is 5.92 Å². The van der Waals surface area contributed by atoms with E-state index in [-0.39, 0.29) is 24.5 Å². The number of nitrogens with zero attached hydrogens (tertiary/aromatic N) is 3. The Morgan fingerprint density at radius 3 is 2.64 bits per heavy atom. The molecule has 1 atom stereocenters. The van der Waals surface area contributed by atoms with Crippen molar-refractivity contribution in [3.05, 3.63) is 58.1 Å². The number of aliphatic hydroxyl groups is 1. The highest BCUT2D eigenvalue weighted by molar-refractivity contribution is 9.10. The Kier molecular flexibility index (Phi) is 5.24. The molecule has 132 valence electrons. The SMILES string of the molecule is OCC(CNc1ccn2ncc(Br)c2n1)Cc1cc(F)c(F)c(F)c1. The van der Waals surface area contributed by atoms with E-state index in [1.165, 1.54) is 0 Å². The Balaban J connectivity index is 1.68. The van der Waals surface area contributed by atoms with Crippen LogP contribution in [0, 0.1) is 23.4 Å². The fourth-order valence-corrected chi connectivity index (χ4v) is 2.81. The molecule has 0 radical (unpaired) electrons. The second-order valence-electron chi connectivity index (χ2n) is 5.58. The van der Waals surface area contributed by atoms with Gasteiger partial charge >= 0.3 is 0 Å². The fraction of sp³-hybridized carbons (Fsp3) is 0.250. The molecule has 3 rings (SSSR count). The number of aliphatic hydroxyl groups excluding tert-OH is 1. The van der Waals surface area contributed by atoms with E-state index in [9.17, 15) is 18.3 Å². The number of halogens is 4. The van der Waals surface area contributed by atoms with E-state index in [1.807, 2.05) is 0 Å². The molecule has 0 saturated carbocycles. The van der Waals surface area contributed by atoms with E-state index in [0.717, 1.165) is 16.6 Å². The third-order valence-electron chi connectivity index (χ3n) is 3.72. The van der Waals surface area contributed by atoms with E-state index in [2.05, 4.69) is 31.3 Å². The first-order valence-corrected chi connectivity index (χ1v) is 8.25. The predicted molar refractivity (Wildman–Crippen MR) is 89.8 cm³/mol. The summed E-state index contributed by atoms with van der Waals surface area (Å²) in [4.78, 5) is 4.38. The maximum absolute atomic E-state index is 13.3. The number of hydrogen-bond acceptors (Lipinski definition) is 4. The van der Waals surface area contributed by atoms with Gasteiger partial charge in [0.15, 0.2) is 23.1 Å². The molecule has 2 heterocycles. The number of fused-ring (bicyclic) bond motifs is 1. The minimum Gasteiger partial charge on any atom is -0.396 e. The van der Waals surface area contributed by atoms with Gasteiger partial charge in [0.25, 0.3) is 0 Å². The van der Waals surface area contributed by atoms with Gasteiger partial charge in [0.05, 0.1) is 10.7 Å². The zero-order valence-electron chi connectivity index (χ0n) is 12.9. The summed E-state index contributed by atoms with van der Waals surface area (Å²) in [5.41, 5.74) is 0.910. The molecule has 0 aliphatic carbocycles. The van der Waals surface area contributed by atoms with Crippen molar-refractivity contribution in [2.75, 3.05) is 18.5 Å². The molecule has 0 spiro atoms. The molecule has 3 aromatic rings. The van der Waals surface area contributed by atoms with Crippen LogP contribution in [0.3, 0.4) is 0 Å². The summed E-state index contributed by atoms with van der Waals surface area (Å²) >= 11 is 3.34. The smallest absolute Gasteiger partial charge is 0.194 e. The lowest BCUT2D eigenvalue weighted by Crippen LogP contribution is -2.21. The van der Waals surface area contributed by atoms with Crippen molar-refractivity contribution in [3.63, 3.8) is 0 Å². The molecule has 0 bridgehead atoms. The summed E-state index contributed by atoms with van der Waals surface area (Å²) < 4.78 is 41.9. The number of hydrogen-bond donors (Lipinski definition) is 2. The molecule has 5 nitrogen and oxygen atoms in total. The average molecular weight is 415 g/mol. The van der Waals surface area contributed by atoms with Crippen molar-refractivity contribution in [2.45, 2.75) is 6.42 Å². The first kappa shape index (κ1) is 17.7. The minimum atomic E-state index is -1.49. The number of aromatic nitrogens is 3. The lowest BCUT2D eigenvalue weighted by atomic mass is 9.99. The molecule has 9 heteroatoms. The van der Waals surface area contributed by atoms with E-state index in [0.29, 0.717) is 18.0 Å². The molecular formula is C16H14BrF3N4O. The van der Waals surface area contributed by atoms with Crippen molar-refractivity contribution in [3.8, 4) is 0 Å². The third-order valence-corrected chi connectivity index (χ3v) is 4.28. The maximum Gasteiger partial charge on any atom is 0.194 e.